The monoisotopic (exact) mass is 291 g/mol. The van der Waals surface area contributed by atoms with Crippen molar-refractivity contribution in [1.29, 1.82) is 0 Å². The molecule has 114 valence electrons. The van der Waals surface area contributed by atoms with E-state index in [0.29, 0.717) is 12.1 Å². The lowest BCUT2D eigenvalue weighted by molar-refractivity contribution is 0.0694. The Morgan fingerprint density at radius 1 is 1.38 bits per heavy atom. The van der Waals surface area contributed by atoms with Gasteiger partial charge in [0.2, 0.25) is 0 Å². The van der Waals surface area contributed by atoms with Crippen LogP contribution in [0.4, 0.5) is 4.39 Å². The Hall–Kier alpha value is -1.42. The molecule has 0 saturated heterocycles. The van der Waals surface area contributed by atoms with Gasteiger partial charge in [0.25, 0.3) is 0 Å². The summed E-state index contributed by atoms with van der Waals surface area (Å²) in [6, 6.07) is 4.05. The van der Waals surface area contributed by atoms with E-state index in [1.807, 2.05) is 7.05 Å². The highest BCUT2D eigenvalue weighted by Gasteiger charge is 2.39. The predicted molar refractivity (Wildman–Crippen MR) is 78.6 cm³/mol. The number of carboxylic acids is 1. The maximum atomic E-state index is 13.2. The molecule has 0 amide bonds. The van der Waals surface area contributed by atoms with Gasteiger partial charge < -0.3 is 10.0 Å². The summed E-state index contributed by atoms with van der Waals surface area (Å²) in [5, 5.41) is 9.19. The molecule has 21 heavy (non-hydrogen) atoms. The first-order chi connectivity index (χ1) is 10.0. The number of fused-ring (bicyclic) bond motifs is 2. The molecule has 0 spiro atoms. The van der Waals surface area contributed by atoms with Crippen molar-refractivity contribution in [2.24, 2.45) is 17.8 Å². The number of carboxylic acid groups (broad SMARTS) is 1. The molecule has 2 saturated carbocycles. The quantitative estimate of drug-likeness (QED) is 0.904. The van der Waals surface area contributed by atoms with Crippen molar-refractivity contribution in [3.05, 3.63) is 35.1 Å². The number of hydrogen-bond donors (Lipinski definition) is 1. The van der Waals surface area contributed by atoms with E-state index in [0.717, 1.165) is 30.4 Å². The van der Waals surface area contributed by atoms with Crippen molar-refractivity contribution in [3.8, 4) is 0 Å². The van der Waals surface area contributed by atoms with Crippen LogP contribution in [-0.4, -0.2) is 29.6 Å². The molecule has 1 aromatic rings. The number of hydrogen-bond acceptors (Lipinski definition) is 2. The Morgan fingerprint density at radius 3 is 2.81 bits per heavy atom. The summed E-state index contributed by atoms with van der Waals surface area (Å²) >= 11 is 0. The van der Waals surface area contributed by atoms with E-state index in [4.69, 9.17) is 0 Å². The maximum Gasteiger partial charge on any atom is 0.336 e. The summed E-state index contributed by atoms with van der Waals surface area (Å²) in [5.74, 6) is 0.991. The van der Waals surface area contributed by atoms with Crippen molar-refractivity contribution in [1.82, 2.24) is 4.90 Å². The molecule has 3 unspecified atom stereocenters. The summed E-state index contributed by atoms with van der Waals surface area (Å²) in [5.41, 5.74) is 0.768. The summed E-state index contributed by atoms with van der Waals surface area (Å²) in [4.78, 5) is 13.4. The Kier molecular flexibility index (Phi) is 3.98. The van der Waals surface area contributed by atoms with Crippen LogP contribution in [0.1, 0.15) is 41.6 Å². The SMILES string of the molecule is CN(Cc1ccc(F)cc1C(=O)O)CC1CC2CCC1C2. The van der Waals surface area contributed by atoms with E-state index in [1.54, 1.807) is 6.07 Å². The van der Waals surface area contributed by atoms with Crippen molar-refractivity contribution >= 4 is 5.97 Å². The largest absolute Gasteiger partial charge is 0.478 e. The summed E-state index contributed by atoms with van der Waals surface area (Å²) < 4.78 is 13.2. The number of benzene rings is 1. The van der Waals surface area contributed by atoms with E-state index in [1.165, 1.54) is 31.7 Å². The van der Waals surface area contributed by atoms with Crippen molar-refractivity contribution < 1.29 is 14.3 Å². The van der Waals surface area contributed by atoms with Gasteiger partial charge in [-0.3, -0.25) is 0 Å². The van der Waals surface area contributed by atoms with Gasteiger partial charge in [0.1, 0.15) is 5.82 Å². The minimum absolute atomic E-state index is 0.0785. The van der Waals surface area contributed by atoms with E-state index in [9.17, 15) is 14.3 Å². The van der Waals surface area contributed by atoms with Gasteiger partial charge in [-0.05, 0) is 61.8 Å². The maximum absolute atomic E-state index is 13.2. The Morgan fingerprint density at radius 2 is 2.19 bits per heavy atom. The first-order valence-electron chi connectivity index (χ1n) is 7.73. The number of aromatic carboxylic acids is 1. The zero-order valence-electron chi connectivity index (χ0n) is 12.4. The van der Waals surface area contributed by atoms with Gasteiger partial charge in [-0.1, -0.05) is 12.5 Å². The molecule has 0 aromatic heterocycles. The zero-order chi connectivity index (χ0) is 15.0. The minimum Gasteiger partial charge on any atom is -0.478 e. The number of nitrogens with zero attached hydrogens (tertiary/aromatic N) is 1. The third kappa shape index (κ3) is 3.10. The molecule has 1 N–H and O–H groups in total. The van der Waals surface area contributed by atoms with Crippen molar-refractivity contribution in [3.63, 3.8) is 0 Å². The predicted octanol–water partition coefficient (Wildman–Crippen LogP) is 3.39. The molecule has 0 radical (unpaired) electrons. The van der Waals surface area contributed by atoms with Gasteiger partial charge in [-0.2, -0.15) is 0 Å². The number of carbonyl (C=O) groups is 1. The fraction of sp³-hybridized carbons (Fsp3) is 0.588. The van der Waals surface area contributed by atoms with Crippen LogP contribution in [0.3, 0.4) is 0 Å². The molecular weight excluding hydrogens is 269 g/mol. The molecule has 2 aliphatic rings. The molecule has 0 aliphatic heterocycles. The Balaban J connectivity index is 1.64. The van der Waals surface area contributed by atoms with Crippen LogP contribution >= 0.6 is 0 Å². The highest BCUT2D eigenvalue weighted by molar-refractivity contribution is 5.89. The number of halogens is 1. The van der Waals surface area contributed by atoms with Gasteiger partial charge in [0.05, 0.1) is 5.56 Å². The van der Waals surface area contributed by atoms with Gasteiger partial charge in [-0.25, -0.2) is 9.18 Å². The molecule has 1 aromatic carbocycles. The lowest BCUT2D eigenvalue weighted by Gasteiger charge is -2.27. The molecule has 4 heteroatoms. The Labute approximate surface area is 124 Å². The second-order valence-corrected chi connectivity index (χ2v) is 6.74. The summed E-state index contributed by atoms with van der Waals surface area (Å²) in [6.45, 7) is 1.58. The van der Waals surface area contributed by atoms with E-state index in [-0.39, 0.29) is 5.56 Å². The first-order valence-corrected chi connectivity index (χ1v) is 7.73. The lowest BCUT2D eigenvalue weighted by Crippen LogP contribution is -2.29. The Bertz CT molecular complexity index is 546. The summed E-state index contributed by atoms with van der Waals surface area (Å²) in [7, 11) is 2.03. The molecule has 2 fully saturated rings. The molecular formula is C17H22FNO2. The van der Waals surface area contributed by atoms with Crippen molar-refractivity contribution in [2.45, 2.75) is 32.2 Å². The van der Waals surface area contributed by atoms with Gasteiger partial charge >= 0.3 is 5.97 Å². The molecule has 0 heterocycles. The smallest absolute Gasteiger partial charge is 0.336 e. The normalized spacial score (nSPS) is 27.5. The van der Waals surface area contributed by atoms with Gasteiger partial charge in [0, 0.05) is 13.1 Å². The topological polar surface area (TPSA) is 40.5 Å². The van der Waals surface area contributed by atoms with Crippen LogP contribution in [0.2, 0.25) is 0 Å². The molecule has 2 bridgehead atoms. The average molecular weight is 291 g/mol. The zero-order valence-corrected chi connectivity index (χ0v) is 12.4. The lowest BCUT2D eigenvalue weighted by atomic mass is 9.88. The number of rotatable bonds is 5. The van der Waals surface area contributed by atoms with Crippen LogP contribution in [0, 0.1) is 23.6 Å². The minimum atomic E-state index is -1.06. The molecule has 2 aliphatic carbocycles. The second-order valence-electron chi connectivity index (χ2n) is 6.74. The van der Waals surface area contributed by atoms with E-state index < -0.39 is 11.8 Å². The standard InChI is InChI=1S/C17H22FNO2/c1-19(10-14-7-11-2-3-12(14)6-11)9-13-4-5-15(18)8-16(13)17(20)21/h4-5,8,11-12,14H,2-3,6-7,9-10H2,1H3,(H,20,21). The van der Waals surface area contributed by atoms with Crippen LogP contribution in [0.15, 0.2) is 18.2 Å². The first kappa shape index (κ1) is 14.5. The third-order valence-corrected chi connectivity index (χ3v) is 5.17. The van der Waals surface area contributed by atoms with Crippen LogP contribution in [0.25, 0.3) is 0 Å². The third-order valence-electron chi connectivity index (χ3n) is 5.17. The van der Waals surface area contributed by atoms with Crippen LogP contribution in [-0.2, 0) is 6.54 Å². The van der Waals surface area contributed by atoms with E-state index >= 15 is 0 Å². The molecule has 3 atom stereocenters. The molecule has 3 rings (SSSR count). The second kappa shape index (κ2) is 5.76. The fourth-order valence-corrected chi connectivity index (χ4v) is 4.24. The fourth-order valence-electron chi connectivity index (χ4n) is 4.24. The van der Waals surface area contributed by atoms with Crippen LogP contribution in [0.5, 0.6) is 0 Å². The average Bonchev–Trinajstić information content (AvgIpc) is 3.02. The van der Waals surface area contributed by atoms with Gasteiger partial charge in [-0.15, -0.1) is 0 Å². The van der Waals surface area contributed by atoms with Gasteiger partial charge in [0.15, 0.2) is 0 Å². The van der Waals surface area contributed by atoms with Crippen molar-refractivity contribution in [2.75, 3.05) is 13.6 Å². The molecule has 3 nitrogen and oxygen atoms in total. The summed E-state index contributed by atoms with van der Waals surface area (Å²) in [6.07, 6.45) is 5.46. The highest BCUT2D eigenvalue weighted by Crippen LogP contribution is 2.48. The van der Waals surface area contributed by atoms with Crippen LogP contribution < -0.4 is 0 Å². The highest BCUT2D eigenvalue weighted by atomic mass is 19.1. The van der Waals surface area contributed by atoms with E-state index in [2.05, 4.69) is 4.90 Å².